The third kappa shape index (κ3) is 3.40. The first kappa shape index (κ1) is 17.7. The van der Waals surface area contributed by atoms with Gasteiger partial charge >= 0.3 is 0 Å². The molecule has 1 saturated carbocycles. The number of rotatable bonds is 4. The van der Waals surface area contributed by atoms with Crippen molar-refractivity contribution in [3.63, 3.8) is 0 Å². The molecule has 1 N–H and O–H groups in total. The number of morpholine rings is 1. The molecule has 3 heterocycles. The Labute approximate surface area is 164 Å². The summed E-state index contributed by atoms with van der Waals surface area (Å²) in [5, 5.41) is 14.3. The minimum Gasteiger partial charge on any atom is -0.370 e. The van der Waals surface area contributed by atoms with Crippen molar-refractivity contribution in [1.29, 1.82) is 0 Å². The van der Waals surface area contributed by atoms with Crippen LogP contribution in [0.2, 0.25) is 0 Å². The van der Waals surface area contributed by atoms with E-state index in [1.807, 2.05) is 12.3 Å². The van der Waals surface area contributed by atoms with Crippen LogP contribution in [-0.4, -0.2) is 51.5 Å². The predicted octanol–water partition coefficient (Wildman–Crippen LogP) is 1.73. The average Bonchev–Trinajstić information content (AvgIpc) is 3.25. The zero-order chi connectivity index (χ0) is 18.8. The number of fused-ring (bicyclic) bond motifs is 1. The lowest BCUT2D eigenvalue weighted by molar-refractivity contribution is -0.933. The molecule has 0 unspecified atom stereocenters. The quantitative estimate of drug-likeness (QED) is 0.748. The number of ether oxygens (including phenoxy) is 1. The first-order chi connectivity index (χ1) is 13.9. The average molecular weight is 379 g/mol. The second kappa shape index (κ2) is 7.93. The minimum absolute atomic E-state index is 0.116. The molecule has 0 radical (unpaired) electrons. The summed E-state index contributed by atoms with van der Waals surface area (Å²) in [5.74, 6) is 0.993. The van der Waals surface area contributed by atoms with Crippen LogP contribution in [0.3, 0.4) is 0 Å². The number of hydrogen-bond acceptors (Lipinski definition) is 5. The zero-order valence-electron chi connectivity index (χ0n) is 16.1. The molecule has 146 valence electrons. The van der Waals surface area contributed by atoms with Gasteiger partial charge in [-0.15, -0.1) is 5.10 Å². The Morgan fingerprint density at radius 3 is 2.79 bits per heavy atom. The van der Waals surface area contributed by atoms with Crippen molar-refractivity contribution >= 4 is 10.9 Å². The molecule has 1 atom stereocenters. The molecule has 7 nitrogen and oxygen atoms in total. The predicted molar refractivity (Wildman–Crippen MR) is 105 cm³/mol. The van der Waals surface area contributed by atoms with Crippen LogP contribution in [-0.2, 0) is 4.74 Å². The van der Waals surface area contributed by atoms with Crippen molar-refractivity contribution in [3.8, 4) is 0 Å². The van der Waals surface area contributed by atoms with Gasteiger partial charge in [0.15, 0.2) is 6.04 Å². The van der Waals surface area contributed by atoms with Gasteiger partial charge in [0, 0.05) is 17.1 Å². The Kier molecular flexibility index (Phi) is 5.01. The van der Waals surface area contributed by atoms with E-state index in [1.165, 1.54) is 42.6 Å². The number of nitrogens with zero attached hydrogens (tertiary/aromatic N) is 5. The Balaban J connectivity index is 1.57. The van der Waals surface area contributed by atoms with Crippen LogP contribution in [0, 0.1) is 0 Å². The third-order valence-corrected chi connectivity index (χ3v) is 6.20. The number of pyridine rings is 1. The van der Waals surface area contributed by atoms with Crippen LogP contribution < -0.4 is 4.90 Å². The van der Waals surface area contributed by atoms with Gasteiger partial charge in [0.2, 0.25) is 5.82 Å². The normalized spacial score (nSPS) is 20.4. The summed E-state index contributed by atoms with van der Waals surface area (Å²) in [6.07, 6.45) is 8.04. The van der Waals surface area contributed by atoms with Crippen LogP contribution >= 0.6 is 0 Å². The van der Waals surface area contributed by atoms with E-state index in [1.54, 1.807) is 0 Å². The van der Waals surface area contributed by atoms with Gasteiger partial charge in [-0.2, -0.15) is 0 Å². The van der Waals surface area contributed by atoms with E-state index in [9.17, 15) is 0 Å². The van der Waals surface area contributed by atoms with Gasteiger partial charge in [-0.1, -0.05) is 31.4 Å². The molecule has 1 saturated heterocycles. The second-order valence-electron chi connectivity index (χ2n) is 7.93. The lowest BCUT2D eigenvalue weighted by Crippen LogP contribution is -3.14. The molecule has 2 aromatic heterocycles. The molecule has 3 aromatic rings. The van der Waals surface area contributed by atoms with E-state index in [0.717, 1.165) is 43.0 Å². The largest absolute Gasteiger partial charge is 0.370 e. The van der Waals surface area contributed by atoms with Crippen LogP contribution in [0.1, 0.15) is 55.6 Å². The molecule has 5 rings (SSSR count). The third-order valence-electron chi connectivity index (χ3n) is 6.20. The molecule has 0 amide bonds. The highest BCUT2D eigenvalue weighted by atomic mass is 16.5. The Hall–Kier alpha value is -2.38. The van der Waals surface area contributed by atoms with Gasteiger partial charge in [0.25, 0.3) is 0 Å². The highest BCUT2D eigenvalue weighted by Gasteiger charge is 2.34. The first-order valence-electron chi connectivity index (χ1n) is 10.4. The minimum atomic E-state index is 0.116. The van der Waals surface area contributed by atoms with Crippen molar-refractivity contribution < 1.29 is 9.64 Å². The fraction of sp³-hybridized carbons (Fsp3) is 0.524. The smallest absolute Gasteiger partial charge is 0.214 e. The fourth-order valence-electron chi connectivity index (χ4n) is 4.74. The van der Waals surface area contributed by atoms with E-state index in [4.69, 9.17) is 4.74 Å². The number of nitrogens with one attached hydrogen (secondary N) is 1. The number of tetrazole rings is 1. The van der Waals surface area contributed by atoms with E-state index < -0.39 is 0 Å². The van der Waals surface area contributed by atoms with Crippen molar-refractivity contribution in [2.45, 2.75) is 44.2 Å². The monoisotopic (exact) mass is 379 g/mol. The maximum absolute atomic E-state index is 5.63. The Bertz CT molecular complexity index is 929. The Morgan fingerprint density at radius 2 is 1.93 bits per heavy atom. The summed E-state index contributed by atoms with van der Waals surface area (Å²) in [5.41, 5.74) is 2.28. The highest BCUT2D eigenvalue weighted by molar-refractivity contribution is 5.79. The summed E-state index contributed by atoms with van der Waals surface area (Å²) in [7, 11) is 0. The lowest BCUT2D eigenvalue weighted by Gasteiger charge is -2.32. The van der Waals surface area contributed by atoms with Gasteiger partial charge in [0.05, 0.1) is 24.8 Å². The Morgan fingerprint density at radius 1 is 1.07 bits per heavy atom. The molecule has 28 heavy (non-hydrogen) atoms. The van der Waals surface area contributed by atoms with Crippen LogP contribution in [0.25, 0.3) is 10.9 Å². The summed E-state index contributed by atoms with van der Waals surface area (Å²) < 4.78 is 7.76. The van der Waals surface area contributed by atoms with Crippen LogP contribution in [0.5, 0.6) is 0 Å². The second-order valence-corrected chi connectivity index (χ2v) is 7.93. The standard InChI is InChI=1S/C21H26N6O/c1-2-6-18(7-3-1)27-21(23-24-25-27)20(26-11-13-28-14-12-26)17-8-9-19-16(15-17)5-4-10-22-19/h4-5,8-10,15,18,20H,1-3,6-7,11-14H2/p+1/t20-/m1/s1. The van der Waals surface area contributed by atoms with E-state index >= 15 is 0 Å². The molecular weight excluding hydrogens is 352 g/mol. The maximum atomic E-state index is 5.63. The fourth-order valence-corrected chi connectivity index (χ4v) is 4.74. The number of aromatic nitrogens is 5. The van der Waals surface area contributed by atoms with Gasteiger partial charge in [-0.3, -0.25) is 4.98 Å². The summed E-state index contributed by atoms with van der Waals surface area (Å²) in [6.45, 7) is 3.50. The number of benzene rings is 1. The van der Waals surface area contributed by atoms with Crippen molar-refractivity contribution in [1.82, 2.24) is 25.2 Å². The number of quaternary nitrogens is 1. The zero-order valence-corrected chi connectivity index (χ0v) is 16.1. The van der Waals surface area contributed by atoms with Crippen molar-refractivity contribution in [3.05, 3.63) is 47.9 Å². The van der Waals surface area contributed by atoms with Crippen LogP contribution in [0.4, 0.5) is 0 Å². The highest BCUT2D eigenvalue weighted by Crippen LogP contribution is 2.30. The summed E-state index contributed by atoms with van der Waals surface area (Å²) in [6, 6.07) is 11.2. The number of hydrogen-bond donors (Lipinski definition) is 1. The maximum Gasteiger partial charge on any atom is 0.214 e. The SMILES string of the molecule is c1cnc2ccc([C@H](c3nnnn3C3CCCCC3)[NH+]3CCOCC3)cc2c1. The molecule has 0 bridgehead atoms. The van der Waals surface area contributed by atoms with Crippen molar-refractivity contribution in [2.24, 2.45) is 0 Å². The molecule has 1 aromatic carbocycles. The van der Waals surface area contributed by atoms with E-state index in [0.29, 0.717) is 6.04 Å². The molecule has 1 aliphatic heterocycles. The molecule has 2 fully saturated rings. The summed E-state index contributed by atoms with van der Waals surface area (Å²) in [4.78, 5) is 5.95. The van der Waals surface area contributed by atoms with Crippen LogP contribution in [0.15, 0.2) is 36.5 Å². The molecule has 7 heteroatoms. The van der Waals surface area contributed by atoms with Gasteiger partial charge in [-0.25, -0.2) is 4.68 Å². The van der Waals surface area contributed by atoms with Crippen molar-refractivity contribution in [2.75, 3.05) is 26.3 Å². The molecule has 2 aliphatic rings. The lowest BCUT2D eigenvalue weighted by atomic mass is 9.95. The molecule has 1 aliphatic carbocycles. The van der Waals surface area contributed by atoms with Gasteiger partial charge < -0.3 is 9.64 Å². The topological polar surface area (TPSA) is 70.2 Å². The van der Waals surface area contributed by atoms with E-state index in [2.05, 4.69) is 49.5 Å². The first-order valence-corrected chi connectivity index (χ1v) is 10.4. The van der Waals surface area contributed by atoms with Gasteiger partial charge in [0.1, 0.15) is 13.1 Å². The molecular formula is C21H27N6O+. The molecule has 0 spiro atoms. The van der Waals surface area contributed by atoms with E-state index in [-0.39, 0.29) is 6.04 Å². The summed E-state index contributed by atoms with van der Waals surface area (Å²) >= 11 is 0. The van der Waals surface area contributed by atoms with Gasteiger partial charge in [-0.05, 0) is 41.5 Å².